The predicted octanol–water partition coefficient (Wildman–Crippen LogP) is 1.91. The van der Waals surface area contributed by atoms with Crippen LogP contribution in [-0.4, -0.2) is 52.2 Å². The maximum atomic E-state index is 13.6. The van der Waals surface area contributed by atoms with Gasteiger partial charge < -0.3 is 14.3 Å². The number of anilines is 2. The smallest absolute Gasteiger partial charge is 0.434 e. The van der Waals surface area contributed by atoms with E-state index in [1.165, 1.54) is 29.1 Å². The number of nitrogens with one attached hydrogen (secondary N) is 2. The maximum Gasteiger partial charge on any atom is 0.434 e. The molecule has 1 aliphatic heterocycles. The molecule has 1 aliphatic rings. The van der Waals surface area contributed by atoms with Crippen LogP contribution in [0.3, 0.4) is 0 Å². The standard InChI is InChI=1S/C18H19ClN6O7S/c1-2-24-9-14(16(19)23-24)33(29,30)25-8-11(4-6-15-21-22-18(28)32-15)31-13-5-3-10(7-12(13)25)20-17(26)27/h3,5,7,9,11,20H,2,4,6,8H2,1H3,(H,22,28)(H,26,27). The SMILES string of the molecule is CCn1cc(S(=O)(=O)N2CC(CCc3n[nH]c(=O)o3)Oc3ccc(NC(=O)O)cc32)c(Cl)n1. The van der Waals surface area contributed by atoms with Crippen molar-refractivity contribution in [3.05, 3.63) is 46.0 Å². The van der Waals surface area contributed by atoms with Crippen molar-refractivity contribution in [2.45, 2.75) is 37.3 Å². The van der Waals surface area contributed by atoms with Crippen LogP contribution in [0.1, 0.15) is 19.2 Å². The number of fused-ring (bicyclic) bond motifs is 1. The second kappa shape index (κ2) is 8.78. The molecule has 0 saturated heterocycles. The van der Waals surface area contributed by atoms with E-state index in [-0.39, 0.29) is 52.5 Å². The van der Waals surface area contributed by atoms with Crippen molar-refractivity contribution in [1.82, 2.24) is 20.0 Å². The van der Waals surface area contributed by atoms with Gasteiger partial charge in [-0.1, -0.05) is 11.6 Å². The van der Waals surface area contributed by atoms with E-state index in [1.807, 2.05) is 0 Å². The average Bonchev–Trinajstić information content (AvgIpc) is 3.36. The van der Waals surface area contributed by atoms with Gasteiger partial charge in [-0.2, -0.15) is 5.10 Å². The van der Waals surface area contributed by atoms with E-state index < -0.39 is 28.0 Å². The molecule has 3 heterocycles. The molecular formula is C18H19ClN6O7S. The topological polar surface area (TPSA) is 173 Å². The molecule has 3 N–H and O–H groups in total. The first-order chi connectivity index (χ1) is 15.7. The number of H-pyrrole nitrogens is 1. The van der Waals surface area contributed by atoms with Crippen LogP contribution in [0.15, 0.2) is 38.5 Å². The van der Waals surface area contributed by atoms with Gasteiger partial charge in [-0.3, -0.25) is 14.3 Å². The Balaban J connectivity index is 1.71. The highest BCUT2D eigenvalue weighted by Crippen LogP contribution is 2.40. The van der Waals surface area contributed by atoms with Crippen molar-refractivity contribution in [2.24, 2.45) is 0 Å². The van der Waals surface area contributed by atoms with Gasteiger partial charge in [0.25, 0.3) is 10.0 Å². The van der Waals surface area contributed by atoms with Gasteiger partial charge in [-0.25, -0.2) is 23.1 Å². The zero-order chi connectivity index (χ0) is 23.8. The Kier molecular flexibility index (Phi) is 6.03. The van der Waals surface area contributed by atoms with Gasteiger partial charge in [-0.15, -0.1) is 5.10 Å². The van der Waals surface area contributed by atoms with Gasteiger partial charge in [0.1, 0.15) is 16.7 Å². The molecule has 0 spiro atoms. The first-order valence-electron chi connectivity index (χ1n) is 9.78. The summed E-state index contributed by atoms with van der Waals surface area (Å²) in [7, 11) is -4.18. The molecule has 13 nitrogen and oxygen atoms in total. The summed E-state index contributed by atoms with van der Waals surface area (Å²) in [5, 5.41) is 20.9. The number of carbonyl (C=O) groups is 1. The fraction of sp³-hybridized carbons (Fsp3) is 0.333. The van der Waals surface area contributed by atoms with E-state index >= 15 is 0 Å². The monoisotopic (exact) mass is 498 g/mol. The second-order valence-electron chi connectivity index (χ2n) is 7.07. The molecule has 0 aliphatic carbocycles. The third-order valence-corrected chi connectivity index (χ3v) is 7.05. The van der Waals surface area contributed by atoms with Crippen molar-refractivity contribution in [3.63, 3.8) is 0 Å². The summed E-state index contributed by atoms with van der Waals surface area (Å²) in [5.74, 6) is -0.296. The average molecular weight is 499 g/mol. The molecule has 1 unspecified atom stereocenters. The summed E-state index contributed by atoms with van der Waals surface area (Å²) in [5.41, 5.74) is 0.307. The molecule has 4 rings (SSSR count). The Morgan fingerprint density at radius 1 is 1.42 bits per heavy atom. The summed E-state index contributed by atoms with van der Waals surface area (Å²) in [6, 6.07) is 4.29. The minimum atomic E-state index is -4.18. The largest absolute Gasteiger partial charge is 0.486 e. The van der Waals surface area contributed by atoms with Crippen LogP contribution in [0.2, 0.25) is 5.15 Å². The van der Waals surface area contributed by atoms with E-state index in [9.17, 15) is 18.0 Å². The molecule has 0 fully saturated rings. The van der Waals surface area contributed by atoms with Crippen LogP contribution >= 0.6 is 11.6 Å². The van der Waals surface area contributed by atoms with Crippen molar-refractivity contribution in [2.75, 3.05) is 16.2 Å². The number of hydrogen-bond acceptors (Lipinski definition) is 8. The molecule has 33 heavy (non-hydrogen) atoms. The van der Waals surface area contributed by atoms with Crippen molar-refractivity contribution in [3.8, 4) is 5.75 Å². The number of benzene rings is 1. The fourth-order valence-corrected chi connectivity index (χ4v) is 5.32. The van der Waals surface area contributed by atoms with E-state index in [1.54, 1.807) is 6.92 Å². The summed E-state index contributed by atoms with van der Waals surface area (Å²) in [6.07, 6.45) is -0.0744. The third kappa shape index (κ3) is 4.66. The lowest BCUT2D eigenvalue weighted by Gasteiger charge is -2.35. The van der Waals surface area contributed by atoms with E-state index in [2.05, 4.69) is 20.6 Å². The van der Waals surface area contributed by atoms with Crippen LogP contribution < -0.4 is 20.1 Å². The predicted molar refractivity (Wildman–Crippen MR) is 115 cm³/mol. The Hall–Kier alpha value is -3.52. The molecule has 1 amide bonds. The second-order valence-corrected chi connectivity index (χ2v) is 9.26. The van der Waals surface area contributed by atoms with Gasteiger partial charge in [0.05, 0.1) is 12.2 Å². The molecule has 0 saturated carbocycles. The van der Waals surface area contributed by atoms with E-state index in [0.717, 1.165) is 4.31 Å². The number of aryl methyl sites for hydroxylation is 2. The fourth-order valence-electron chi connectivity index (χ4n) is 3.38. The van der Waals surface area contributed by atoms with Crippen molar-refractivity contribution in [1.29, 1.82) is 0 Å². The molecule has 1 atom stereocenters. The minimum absolute atomic E-state index is 0.103. The van der Waals surface area contributed by atoms with Gasteiger partial charge in [0.2, 0.25) is 5.89 Å². The number of sulfonamides is 1. The Labute approximate surface area is 192 Å². The van der Waals surface area contributed by atoms with Gasteiger partial charge >= 0.3 is 11.8 Å². The maximum absolute atomic E-state index is 13.6. The molecule has 1 aromatic carbocycles. The van der Waals surface area contributed by atoms with Crippen LogP contribution in [0.25, 0.3) is 0 Å². The first kappa shape index (κ1) is 22.7. The zero-order valence-corrected chi connectivity index (χ0v) is 18.8. The number of halogens is 1. The molecule has 0 bridgehead atoms. The highest BCUT2D eigenvalue weighted by molar-refractivity contribution is 7.93. The minimum Gasteiger partial charge on any atom is -0.486 e. The summed E-state index contributed by atoms with van der Waals surface area (Å²) in [6.45, 7) is 2.10. The van der Waals surface area contributed by atoms with Gasteiger partial charge in [0.15, 0.2) is 5.15 Å². The lowest BCUT2D eigenvalue weighted by molar-refractivity contribution is 0.186. The number of carboxylic acid groups (broad SMARTS) is 1. The quantitative estimate of drug-likeness (QED) is 0.439. The Bertz CT molecular complexity index is 1350. The zero-order valence-electron chi connectivity index (χ0n) is 17.2. The van der Waals surface area contributed by atoms with Crippen LogP contribution in [-0.2, 0) is 23.0 Å². The number of ether oxygens (including phenoxy) is 1. The van der Waals surface area contributed by atoms with Crippen molar-refractivity contribution < 1.29 is 27.5 Å². The number of nitrogens with zero attached hydrogens (tertiary/aromatic N) is 4. The van der Waals surface area contributed by atoms with Crippen LogP contribution in [0.5, 0.6) is 5.75 Å². The van der Waals surface area contributed by atoms with E-state index in [0.29, 0.717) is 6.54 Å². The van der Waals surface area contributed by atoms with Gasteiger partial charge in [0, 0.05) is 24.8 Å². The lowest BCUT2D eigenvalue weighted by Crippen LogP contribution is -2.43. The summed E-state index contributed by atoms with van der Waals surface area (Å²) < 4.78 is 40.5. The molecule has 3 aromatic rings. The molecule has 176 valence electrons. The first-order valence-corrected chi connectivity index (χ1v) is 11.6. The Morgan fingerprint density at radius 2 is 2.21 bits per heavy atom. The van der Waals surface area contributed by atoms with Crippen LogP contribution in [0.4, 0.5) is 16.2 Å². The number of rotatable bonds is 7. The normalized spacial score (nSPS) is 15.7. The van der Waals surface area contributed by atoms with Crippen LogP contribution in [0, 0.1) is 0 Å². The highest BCUT2D eigenvalue weighted by Gasteiger charge is 2.37. The number of amides is 1. The molecule has 0 radical (unpaired) electrons. The highest BCUT2D eigenvalue weighted by atomic mass is 35.5. The van der Waals surface area contributed by atoms with Crippen molar-refractivity contribution >= 4 is 39.1 Å². The number of aromatic amines is 1. The van der Waals surface area contributed by atoms with Gasteiger partial charge in [-0.05, 0) is 31.5 Å². The third-order valence-electron chi connectivity index (χ3n) is 4.88. The lowest BCUT2D eigenvalue weighted by atomic mass is 10.1. The Morgan fingerprint density at radius 3 is 2.85 bits per heavy atom. The summed E-state index contributed by atoms with van der Waals surface area (Å²) in [4.78, 5) is 22.0. The number of hydrogen-bond donors (Lipinski definition) is 3. The molecule has 2 aromatic heterocycles. The molecular weight excluding hydrogens is 480 g/mol. The summed E-state index contributed by atoms with van der Waals surface area (Å²) >= 11 is 6.12. The number of aromatic nitrogens is 4. The van der Waals surface area contributed by atoms with E-state index in [4.69, 9.17) is 25.9 Å². The molecule has 15 heteroatoms.